The number of piperidine rings is 1. The first-order chi connectivity index (χ1) is 17.2. The molecule has 0 bridgehead atoms. The third-order valence-corrected chi connectivity index (χ3v) is 6.93. The van der Waals surface area contributed by atoms with E-state index in [1.54, 1.807) is 18.3 Å². The molecule has 2 saturated heterocycles. The number of benzene rings is 1. The molecule has 2 aromatic heterocycles. The van der Waals surface area contributed by atoms with Crippen LogP contribution in [0.25, 0.3) is 22.6 Å². The molecule has 35 heavy (non-hydrogen) atoms. The van der Waals surface area contributed by atoms with Gasteiger partial charge in [0.05, 0.1) is 36.6 Å². The summed E-state index contributed by atoms with van der Waals surface area (Å²) in [5, 5.41) is 3.39. The highest BCUT2D eigenvalue weighted by atomic mass is 19.1. The van der Waals surface area contributed by atoms with Gasteiger partial charge in [0.1, 0.15) is 5.82 Å². The fourth-order valence-corrected chi connectivity index (χ4v) is 4.89. The van der Waals surface area contributed by atoms with E-state index in [1.807, 2.05) is 12.4 Å². The predicted octanol–water partition coefficient (Wildman–Crippen LogP) is 3.55. The van der Waals surface area contributed by atoms with Crippen LogP contribution in [-0.2, 0) is 4.74 Å². The first kappa shape index (κ1) is 23.8. The quantitative estimate of drug-likeness (QED) is 0.496. The second-order valence-electron chi connectivity index (χ2n) is 9.39. The lowest BCUT2D eigenvalue weighted by Gasteiger charge is -2.30. The molecular weight excluding hydrogens is 445 g/mol. The number of nitrogens with one attached hydrogen (secondary N) is 1. The summed E-state index contributed by atoms with van der Waals surface area (Å²) in [6.45, 7) is 7.58. The summed E-state index contributed by atoms with van der Waals surface area (Å²) in [5.41, 5.74) is 3.49. The third kappa shape index (κ3) is 5.86. The van der Waals surface area contributed by atoms with Crippen LogP contribution in [0.15, 0.2) is 42.9 Å². The molecule has 4 heterocycles. The molecule has 0 radical (unpaired) electrons. The number of hydrogen-bond acceptors (Lipinski definition) is 7. The summed E-state index contributed by atoms with van der Waals surface area (Å²) in [5.74, 6) is 0.362. The van der Waals surface area contributed by atoms with Crippen molar-refractivity contribution in [3.63, 3.8) is 0 Å². The van der Waals surface area contributed by atoms with Crippen LogP contribution in [0.4, 0.5) is 10.3 Å². The number of aromatic nitrogens is 4. The summed E-state index contributed by atoms with van der Waals surface area (Å²) < 4.78 is 21.3. The lowest BCUT2D eigenvalue weighted by molar-refractivity contribution is 0.0378. The van der Waals surface area contributed by atoms with Crippen molar-refractivity contribution in [1.82, 2.24) is 29.3 Å². The first-order valence-electron chi connectivity index (χ1n) is 12.6. The summed E-state index contributed by atoms with van der Waals surface area (Å²) in [7, 11) is 2.16. The van der Waals surface area contributed by atoms with E-state index in [0.29, 0.717) is 12.0 Å². The van der Waals surface area contributed by atoms with Crippen molar-refractivity contribution in [3.8, 4) is 22.6 Å². The number of rotatable bonds is 8. The van der Waals surface area contributed by atoms with Crippen molar-refractivity contribution in [2.45, 2.75) is 25.3 Å². The second kappa shape index (κ2) is 11.2. The van der Waals surface area contributed by atoms with Crippen LogP contribution >= 0.6 is 0 Å². The first-order valence-corrected chi connectivity index (χ1v) is 12.6. The highest BCUT2D eigenvalue weighted by molar-refractivity contribution is 5.77. The smallest absolute Gasteiger partial charge is 0.223 e. The molecule has 0 spiro atoms. The standard InChI is InChI=1S/C26H34FN7O/c1-32-13-8-22(9-14-32)34-19-30-24(20-3-5-21(27)6-4-20)25(34)23-7-11-29-26(31-23)28-10-2-12-33-15-17-35-18-16-33/h3-7,11,19,22H,2,8-10,12-18H2,1H3,(H,28,29,31). The van der Waals surface area contributed by atoms with E-state index < -0.39 is 0 Å². The van der Waals surface area contributed by atoms with Gasteiger partial charge in [0.15, 0.2) is 0 Å². The van der Waals surface area contributed by atoms with Gasteiger partial charge in [0, 0.05) is 37.4 Å². The Kier molecular flexibility index (Phi) is 7.66. The van der Waals surface area contributed by atoms with Crippen molar-refractivity contribution >= 4 is 5.95 Å². The third-order valence-electron chi connectivity index (χ3n) is 6.93. The van der Waals surface area contributed by atoms with E-state index in [1.165, 1.54) is 12.1 Å². The lowest BCUT2D eigenvalue weighted by atomic mass is 10.0. The molecule has 3 aromatic rings. The molecule has 0 amide bonds. The van der Waals surface area contributed by atoms with Crippen LogP contribution in [-0.4, -0.2) is 88.8 Å². The molecule has 8 nitrogen and oxygen atoms in total. The minimum absolute atomic E-state index is 0.254. The van der Waals surface area contributed by atoms with Crippen LogP contribution in [0.3, 0.4) is 0 Å². The van der Waals surface area contributed by atoms with Gasteiger partial charge in [-0.2, -0.15) is 0 Å². The highest BCUT2D eigenvalue weighted by Gasteiger charge is 2.25. The van der Waals surface area contributed by atoms with Crippen molar-refractivity contribution in [1.29, 1.82) is 0 Å². The van der Waals surface area contributed by atoms with Gasteiger partial charge < -0.3 is 19.5 Å². The van der Waals surface area contributed by atoms with Crippen molar-refractivity contribution in [3.05, 3.63) is 48.7 Å². The Hall–Kier alpha value is -2.88. The van der Waals surface area contributed by atoms with Crippen LogP contribution in [0.1, 0.15) is 25.3 Å². The van der Waals surface area contributed by atoms with E-state index in [0.717, 1.165) is 94.4 Å². The van der Waals surface area contributed by atoms with Crippen LogP contribution in [0.5, 0.6) is 0 Å². The van der Waals surface area contributed by atoms with E-state index in [4.69, 9.17) is 14.7 Å². The van der Waals surface area contributed by atoms with Crippen LogP contribution in [0, 0.1) is 5.82 Å². The molecule has 0 unspecified atom stereocenters. The van der Waals surface area contributed by atoms with Gasteiger partial charge in [0.25, 0.3) is 0 Å². The van der Waals surface area contributed by atoms with Crippen molar-refractivity contribution < 1.29 is 9.13 Å². The van der Waals surface area contributed by atoms with Crippen LogP contribution < -0.4 is 5.32 Å². The normalized spacial score (nSPS) is 18.1. The fourth-order valence-electron chi connectivity index (χ4n) is 4.89. The Bertz CT molecular complexity index is 1090. The Morgan fingerprint density at radius 2 is 1.80 bits per heavy atom. The molecule has 2 fully saturated rings. The Balaban J connectivity index is 1.37. The zero-order valence-electron chi connectivity index (χ0n) is 20.4. The van der Waals surface area contributed by atoms with Crippen LogP contribution in [0.2, 0.25) is 0 Å². The van der Waals surface area contributed by atoms with E-state index in [9.17, 15) is 4.39 Å². The fraction of sp³-hybridized carbons (Fsp3) is 0.500. The Labute approximate surface area is 206 Å². The second-order valence-corrected chi connectivity index (χ2v) is 9.39. The molecule has 0 saturated carbocycles. The van der Waals surface area contributed by atoms with E-state index in [2.05, 4.69) is 31.7 Å². The number of morpholine rings is 1. The van der Waals surface area contributed by atoms with E-state index in [-0.39, 0.29) is 5.82 Å². The minimum atomic E-state index is -0.254. The number of ether oxygens (including phenoxy) is 1. The van der Waals surface area contributed by atoms with Gasteiger partial charge in [-0.3, -0.25) is 4.90 Å². The summed E-state index contributed by atoms with van der Waals surface area (Å²) >= 11 is 0. The molecule has 2 aliphatic heterocycles. The lowest BCUT2D eigenvalue weighted by Crippen LogP contribution is -2.37. The zero-order valence-corrected chi connectivity index (χ0v) is 20.4. The Morgan fingerprint density at radius 1 is 1.03 bits per heavy atom. The number of halogens is 1. The SMILES string of the molecule is CN1CCC(n2cnc(-c3ccc(F)cc3)c2-c2ccnc(NCCCN3CCOCC3)n2)CC1. The predicted molar refractivity (Wildman–Crippen MR) is 135 cm³/mol. The summed E-state index contributed by atoms with van der Waals surface area (Å²) in [6, 6.07) is 8.82. The maximum Gasteiger partial charge on any atom is 0.223 e. The topological polar surface area (TPSA) is 71.3 Å². The number of hydrogen-bond donors (Lipinski definition) is 1. The number of imidazole rings is 1. The van der Waals surface area contributed by atoms with Crippen molar-refractivity contribution in [2.75, 3.05) is 64.8 Å². The van der Waals surface area contributed by atoms with Crippen molar-refractivity contribution in [2.24, 2.45) is 0 Å². The monoisotopic (exact) mass is 479 g/mol. The molecule has 0 aliphatic carbocycles. The maximum atomic E-state index is 13.6. The molecule has 9 heteroatoms. The molecule has 1 N–H and O–H groups in total. The van der Waals surface area contributed by atoms with Gasteiger partial charge in [-0.15, -0.1) is 0 Å². The number of likely N-dealkylation sites (tertiary alicyclic amines) is 1. The van der Waals surface area contributed by atoms with Gasteiger partial charge in [-0.25, -0.2) is 19.3 Å². The summed E-state index contributed by atoms with van der Waals surface area (Å²) in [4.78, 5) is 18.9. The molecule has 2 aliphatic rings. The molecular formula is C26H34FN7O. The number of anilines is 1. The maximum absolute atomic E-state index is 13.6. The molecule has 186 valence electrons. The van der Waals surface area contributed by atoms with E-state index >= 15 is 0 Å². The van der Waals surface area contributed by atoms with Gasteiger partial charge in [-0.1, -0.05) is 0 Å². The van der Waals surface area contributed by atoms with Gasteiger partial charge in [0.2, 0.25) is 5.95 Å². The largest absolute Gasteiger partial charge is 0.379 e. The molecule has 5 rings (SSSR count). The zero-order chi connectivity index (χ0) is 24.0. The molecule has 0 atom stereocenters. The minimum Gasteiger partial charge on any atom is -0.379 e. The molecule has 1 aromatic carbocycles. The average molecular weight is 480 g/mol. The average Bonchev–Trinajstić information content (AvgIpc) is 3.33. The highest BCUT2D eigenvalue weighted by Crippen LogP contribution is 2.35. The number of nitrogens with zero attached hydrogens (tertiary/aromatic N) is 6. The van der Waals surface area contributed by atoms with Gasteiger partial charge >= 0.3 is 0 Å². The Morgan fingerprint density at radius 3 is 2.57 bits per heavy atom. The van der Waals surface area contributed by atoms with Gasteiger partial charge in [-0.05, 0) is 76.3 Å². The summed E-state index contributed by atoms with van der Waals surface area (Å²) in [6.07, 6.45) is 6.84.